The van der Waals surface area contributed by atoms with Gasteiger partial charge in [-0.25, -0.2) is 4.98 Å². The number of nitrogens with two attached hydrogens (primary N) is 1. The van der Waals surface area contributed by atoms with Crippen molar-refractivity contribution in [3.05, 3.63) is 35.2 Å². The molecule has 1 aromatic heterocycles. The van der Waals surface area contributed by atoms with Gasteiger partial charge in [0.05, 0.1) is 5.69 Å². The van der Waals surface area contributed by atoms with E-state index in [0.29, 0.717) is 5.13 Å². The second kappa shape index (κ2) is 4.42. The second-order valence-electron chi connectivity index (χ2n) is 3.22. The average Bonchev–Trinajstić information content (AvgIpc) is 2.62. The zero-order valence-electron chi connectivity index (χ0n) is 8.53. The highest BCUT2D eigenvalue weighted by Gasteiger charge is 2.10. The number of thiazole rings is 1. The van der Waals surface area contributed by atoms with Gasteiger partial charge in [0.2, 0.25) is 0 Å². The lowest BCUT2D eigenvalue weighted by Crippen LogP contribution is -2.04. The third kappa shape index (κ3) is 2.16. The monoisotopic (exact) mass is 219 g/mol. The molecule has 0 saturated heterocycles. The first-order chi connectivity index (χ1) is 7.31. The first kappa shape index (κ1) is 10.1. The molecule has 0 bridgehead atoms. The fraction of sp³-hybridized carbons (Fsp3) is 0.182. The highest BCUT2D eigenvalue weighted by Crippen LogP contribution is 2.29. The minimum absolute atomic E-state index is 0.624. The Kier molecular flexibility index (Phi) is 2.99. The third-order valence-corrected chi connectivity index (χ3v) is 2.98. The van der Waals surface area contributed by atoms with E-state index in [-0.39, 0.29) is 0 Å². The average molecular weight is 219 g/mol. The molecule has 1 heterocycles. The van der Waals surface area contributed by atoms with Gasteiger partial charge in [-0.1, -0.05) is 30.3 Å². The maximum Gasteiger partial charge on any atom is 0.180 e. The number of anilines is 1. The van der Waals surface area contributed by atoms with E-state index >= 15 is 0 Å². The second-order valence-corrected chi connectivity index (χ2v) is 4.34. The minimum Gasteiger partial charge on any atom is -0.375 e. The van der Waals surface area contributed by atoms with Crippen LogP contribution < -0.4 is 11.1 Å². The molecule has 0 unspecified atom stereocenters. The van der Waals surface area contributed by atoms with E-state index in [4.69, 9.17) is 5.73 Å². The van der Waals surface area contributed by atoms with Gasteiger partial charge in [0, 0.05) is 17.0 Å². The number of hydrogen-bond acceptors (Lipinski definition) is 4. The number of hydrogen-bond donors (Lipinski definition) is 2. The highest BCUT2D eigenvalue weighted by molar-refractivity contribution is 7.15. The molecule has 2 rings (SSSR count). The fourth-order valence-corrected chi connectivity index (χ4v) is 2.34. The van der Waals surface area contributed by atoms with E-state index in [1.54, 1.807) is 0 Å². The van der Waals surface area contributed by atoms with Crippen molar-refractivity contribution in [3.8, 4) is 11.3 Å². The summed E-state index contributed by atoms with van der Waals surface area (Å²) in [5.41, 5.74) is 7.84. The maximum absolute atomic E-state index is 5.73. The lowest BCUT2D eigenvalue weighted by molar-refractivity contribution is 0.831. The van der Waals surface area contributed by atoms with Crippen LogP contribution in [0.5, 0.6) is 0 Å². The number of nitrogens with zero attached hydrogens (tertiary/aromatic N) is 1. The molecule has 15 heavy (non-hydrogen) atoms. The van der Waals surface area contributed by atoms with Gasteiger partial charge in [-0.05, 0) is 7.05 Å². The van der Waals surface area contributed by atoms with Crippen LogP contribution in [0, 0.1) is 0 Å². The molecule has 0 aliphatic rings. The van der Waals surface area contributed by atoms with Crippen LogP contribution in [0.2, 0.25) is 0 Å². The van der Waals surface area contributed by atoms with Crippen molar-refractivity contribution in [2.75, 3.05) is 12.8 Å². The zero-order chi connectivity index (χ0) is 10.7. The van der Waals surface area contributed by atoms with Crippen molar-refractivity contribution in [1.29, 1.82) is 0 Å². The van der Waals surface area contributed by atoms with Crippen molar-refractivity contribution in [1.82, 2.24) is 10.3 Å². The van der Waals surface area contributed by atoms with Gasteiger partial charge in [0.25, 0.3) is 0 Å². The Bertz CT molecular complexity index is 436. The molecule has 0 atom stereocenters. The fourth-order valence-electron chi connectivity index (χ4n) is 1.47. The summed E-state index contributed by atoms with van der Waals surface area (Å²) < 4.78 is 0. The largest absolute Gasteiger partial charge is 0.375 e. The summed E-state index contributed by atoms with van der Waals surface area (Å²) in [6.07, 6.45) is 0. The molecule has 0 fully saturated rings. The van der Waals surface area contributed by atoms with Gasteiger partial charge in [0.1, 0.15) is 0 Å². The molecule has 2 aromatic rings. The van der Waals surface area contributed by atoms with Gasteiger partial charge >= 0.3 is 0 Å². The number of rotatable bonds is 3. The van der Waals surface area contributed by atoms with Gasteiger partial charge < -0.3 is 11.1 Å². The number of nitrogen functional groups attached to an aromatic ring is 1. The molecule has 3 N–H and O–H groups in total. The van der Waals surface area contributed by atoms with Crippen LogP contribution in [0.3, 0.4) is 0 Å². The predicted octanol–water partition coefficient (Wildman–Crippen LogP) is 2.11. The van der Waals surface area contributed by atoms with Crippen molar-refractivity contribution >= 4 is 16.5 Å². The Hall–Kier alpha value is -1.39. The molecule has 0 spiro atoms. The van der Waals surface area contributed by atoms with Crippen molar-refractivity contribution in [3.63, 3.8) is 0 Å². The summed E-state index contributed by atoms with van der Waals surface area (Å²) in [5, 5.41) is 3.75. The van der Waals surface area contributed by atoms with Crippen molar-refractivity contribution < 1.29 is 0 Å². The normalized spacial score (nSPS) is 10.5. The van der Waals surface area contributed by atoms with Crippen LogP contribution in [0.15, 0.2) is 30.3 Å². The van der Waals surface area contributed by atoms with E-state index in [0.717, 1.165) is 17.8 Å². The molecule has 3 nitrogen and oxygen atoms in total. The highest BCUT2D eigenvalue weighted by atomic mass is 32.1. The van der Waals surface area contributed by atoms with E-state index in [2.05, 4.69) is 10.3 Å². The van der Waals surface area contributed by atoms with Crippen LogP contribution in [-0.2, 0) is 6.54 Å². The third-order valence-electron chi connectivity index (χ3n) is 2.10. The van der Waals surface area contributed by atoms with E-state index in [1.807, 2.05) is 37.4 Å². The Balaban J connectivity index is 2.43. The first-order valence-corrected chi connectivity index (χ1v) is 5.58. The molecular weight excluding hydrogens is 206 g/mol. The van der Waals surface area contributed by atoms with Gasteiger partial charge in [-0.2, -0.15) is 0 Å². The smallest absolute Gasteiger partial charge is 0.180 e. The summed E-state index contributed by atoms with van der Waals surface area (Å²) in [4.78, 5) is 5.54. The molecule has 0 radical (unpaired) electrons. The van der Waals surface area contributed by atoms with Crippen LogP contribution in [-0.4, -0.2) is 12.0 Å². The van der Waals surface area contributed by atoms with Gasteiger partial charge in [0.15, 0.2) is 5.13 Å². The predicted molar refractivity (Wildman–Crippen MR) is 64.7 cm³/mol. The Morgan fingerprint density at radius 1 is 1.33 bits per heavy atom. The van der Waals surface area contributed by atoms with Gasteiger partial charge in [-0.15, -0.1) is 11.3 Å². The first-order valence-electron chi connectivity index (χ1n) is 4.76. The lowest BCUT2D eigenvalue weighted by atomic mass is 10.1. The summed E-state index contributed by atoms with van der Waals surface area (Å²) in [7, 11) is 1.92. The SMILES string of the molecule is CNCc1sc(N)nc1-c1ccccc1. The van der Waals surface area contributed by atoms with Gasteiger partial charge in [-0.3, -0.25) is 0 Å². The molecule has 0 saturated carbocycles. The number of aromatic nitrogens is 1. The zero-order valence-corrected chi connectivity index (χ0v) is 9.34. The van der Waals surface area contributed by atoms with Crippen LogP contribution in [0.1, 0.15) is 4.88 Å². The summed E-state index contributed by atoms with van der Waals surface area (Å²) in [6.45, 7) is 0.805. The molecule has 0 aliphatic heterocycles. The van der Waals surface area contributed by atoms with Crippen LogP contribution in [0.25, 0.3) is 11.3 Å². The van der Waals surface area contributed by atoms with E-state index in [9.17, 15) is 0 Å². The lowest BCUT2D eigenvalue weighted by Gasteiger charge is -2.00. The summed E-state index contributed by atoms with van der Waals surface area (Å²) in [6, 6.07) is 10.1. The minimum atomic E-state index is 0.624. The standard InChI is InChI=1S/C11H13N3S/c1-13-7-9-10(14-11(12)15-9)8-5-3-2-4-6-8/h2-6,13H,7H2,1H3,(H2,12,14). The van der Waals surface area contributed by atoms with E-state index < -0.39 is 0 Å². The van der Waals surface area contributed by atoms with E-state index in [1.165, 1.54) is 16.2 Å². The topological polar surface area (TPSA) is 50.9 Å². The molecule has 0 amide bonds. The quantitative estimate of drug-likeness (QED) is 0.831. The number of benzene rings is 1. The van der Waals surface area contributed by atoms with Crippen molar-refractivity contribution in [2.24, 2.45) is 0 Å². The van der Waals surface area contributed by atoms with Crippen molar-refractivity contribution in [2.45, 2.75) is 6.54 Å². The molecule has 0 aliphatic carbocycles. The molecule has 78 valence electrons. The van der Waals surface area contributed by atoms with Crippen LogP contribution in [0.4, 0.5) is 5.13 Å². The molecular formula is C11H13N3S. The summed E-state index contributed by atoms with van der Waals surface area (Å²) in [5.74, 6) is 0. The summed E-state index contributed by atoms with van der Waals surface area (Å²) >= 11 is 1.54. The Labute approximate surface area is 93.0 Å². The molecule has 1 aromatic carbocycles. The Morgan fingerprint density at radius 3 is 2.73 bits per heavy atom. The Morgan fingerprint density at radius 2 is 2.07 bits per heavy atom. The molecule has 4 heteroatoms. The van der Waals surface area contributed by atoms with Crippen LogP contribution >= 0.6 is 11.3 Å². The number of nitrogens with one attached hydrogen (secondary N) is 1. The maximum atomic E-state index is 5.73.